The summed E-state index contributed by atoms with van der Waals surface area (Å²) in [5.41, 5.74) is 1.96. The van der Waals surface area contributed by atoms with E-state index in [1.165, 1.54) is 0 Å². The van der Waals surface area contributed by atoms with Gasteiger partial charge in [0.05, 0.1) is 5.92 Å². The van der Waals surface area contributed by atoms with Crippen molar-refractivity contribution in [3.63, 3.8) is 0 Å². The molecular weight excluding hydrogens is 260 g/mol. The monoisotopic (exact) mass is 278 g/mol. The predicted molar refractivity (Wildman–Crippen MR) is 78.0 cm³/mol. The zero-order valence-electron chi connectivity index (χ0n) is 11.2. The molecule has 1 saturated heterocycles. The molecule has 0 bridgehead atoms. The normalized spacial score (nSPS) is 18.7. The Hall–Kier alpha value is -1.49. The molecule has 0 aromatic heterocycles. The standard InChI is InChI=1S/C14H18N2O2S/c1-16-8-11(7-13(16)17)14(18)15-12-6-4-3-5-10(12)9-19-2/h3-6,11H,7-9H2,1-2H3,(H,15,18)/t11-/m1/s1. The Morgan fingerprint density at radius 3 is 2.84 bits per heavy atom. The molecule has 0 aliphatic carbocycles. The van der Waals surface area contributed by atoms with Gasteiger partial charge in [0.2, 0.25) is 11.8 Å². The first kappa shape index (κ1) is 13.9. The van der Waals surface area contributed by atoms with Gasteiger partial charge in [0.25, 0.3) is 0 Å². The fraction of sp³-hybridized carbons (Fsp3) is 0.429. The van der Waals surface area contributed by atoms with E-state index < -0.39 is 0 Å². The molecule has 5 heteroatoms. The predicted octanol–water partition coefficient (Wildman–Crippen LogP) is 1.97. The van der Waals surface area contributed by atoms with Crippen molar-refractivity contribution in [2.75, 3.05) is 25.2 Å². The summed E-state index contributed by atoms with van der Waals surface area (Å²) in [6.07, 6.45) is 2.34. The number of nitrogens with one attached hydrogen (secondary N) is 1. The molecule has 0 unspecified atom stereocenters. The van der Waals surface area contributed by atoms with Crippen LogP contribution in [0.1, 0.15) is 12.0 Å². The summed E-state index contributed by atoms with van der Waals surface area (Å²) in [5, 5.41) is 2.95. The van der Waals surface area contributed by atoms with E-state index >= 15 is 0 Å². The van der Waals surface area contributed by atoms with Crippen LogP contribution in [0.15, 0.2) is 24.3 Å². The van der Waals surface area contributed by atoms with Crippen LogP contribution in [0.5, 0.6) is 0 Å². The molecule has 2 amide bonds. The van der Waals surface area contributed by atoms with Gasteiger partial charge in [-0.15, -0.1) is 0 Å². The summed E-state index contributed by atoms with van der Waals surface area (Å²) in [7, 11) is 1.73. The second-order valence-corrected chi connectivity index (χ2v) is 5.62. The fourth-order valence-electron chi connectivity index (χ4n) is 2.20. The highest BCUT2D eigenvalue weighted by Crippen LogP contribution is 2.22. The maximum Gasteiger partial charge on any atom is 0.229 e. The largest absolute Gasteiger partial charge is 0.345 e. The molecule has 2 rings (SSSR count). The van der Waals surface area contributed by atoms with Gasteiger partial charge in [-0.3, -0.25) is 9.59 Å². The number of likely N-dealkylation sites (tertiary alicyclic amines) is 1. The van der Waals surface area contributed by atoms with E-state index in [-0.39, 0.29) is 17.7 Å². The Bertz CT molecular complexity index is 490. The van der Waals surface area contributed by atoms with E-state index in [9.17, 15) is 9.59 Å². The first-order valence-corrected chi connectivity index (χ1v) is 7.63. The summed E-state index contributed by atoms with van der Waals surface area (Å²) in [5.74, 6) is 0.601. The topological polar surface area (TPSA) is 49.4 Å². The van der Waals surface area contributed by atoms with Gasteiger partial charge in [0.1, 0.15) is 0 Å². The van der Waals surface area contributed by atoms with Crippen molar-refractivity contribution in [1.29, 1.82) is 0 Å². The Morgan fingerprint density at radius 2 is 2.21 bits per heavy atom. The number of hydrogen-bond donors (Lipinski definition) is 1. The quantitative estimate of drug-likeness (QED) is 0.916. The average Bonchev–Trinajstić information content (AvgIpc) is 2.72. The van der Waals surface area contributed by atoms with Crippen LogP contribution in [-0.4, -0.2) is 36.6 Å². The third kappa shape index (κ3) is 3.29. The molecule has 19 heavy (non-hydrogen) atoms. The highest BCUT2D eigenvalue weighted by molar-refractivity contribution is 7.97. The minimum Gasteiger partial charge on any atom is -0.345 e. The van der Waals surface area contributed by atoms with Crippen LogP contribution in [0.3, 0.4) is 0 Å². The first-order chi connectivity index (χ1) is 9.11. The van der Waals surface area contributed by atoms with Gasteiger partial charge in [-0.1, -0.05) is 18.2 Å². The lowest BCUT2D eigenvalue weighted by molar-refractivity contribution is -0.127. The Labute approximate surface area is 117 Å². The number of benzene rings is 1. The van der Waals surface area contributed by atoms with Crippen LogP contribution < -0.4 is 5.32 Å². The molecule has 4 nitrogen and oxygen atoms in total. The number of nitrogens with zero attached hydrogens (tertiary/aromatic N) is 1. The van der Waals surface area contributed by atoms with Crippen molar-refractivity contribution in [1.82, 2.24) is 4.90 Å². The second-order valence-electron chi connectivity index (χ2n) is 4.75. The molecule has 102 valence electrons. The molecule has 1 atom stereocenters. The molecule has 1 aromatic rings. The van der Waals surface area contributed by atoms with Crippen LogP contribution in [0, 0.1) is 5.92 Å². The molecule has 1 aliphatic heterocycles. The molecule has 0 saturated carbocycles. The van der Waals surface area contributed by atoms with Crippen molar-refractivity contribution < 1.29 is 9.59 Å². The molecule has 1 aromatic carbocycles. The van der Waals surface area contributed by atoms with Gasteiger partial charge in [-0.25, -0.2) is 0 Å². The van der Waals surface area contributed by atoms with E-state index in [0.29, 0.717) is 13.0 Å². The lowest BCUT2D eigenvalue weighted by Gasteiger charge is -2.13. The number of amides is 2. The number of para-hydroxylation sites is 1. The zero-order valence-corrected chi connectivity index (χ0v) is 12.0. The summed E-state index contributed by atoms with van der Waals surface area (Å²) in [6.45, 7) is 0.509. The Morgan fingerprint density at radius 1 is 1.47 bits per heavy atom. The van der Waals surface area contributed by atoms with E-state index in [1.54, 1.807) is 23.7 Å². The van der Waals surface area contributed by atoms with Gasteiger partial charge in [0, 0.05) is 31.5 Å². The third-order valence-corrected chi connectivity index (χ3v) is 3.89. The average molecular weight is 278 g/mol. The van der Waals surface area contributed by atoms with Crippen molar-refractivity contribution in [3.05, 3.63) is 29.8 Å². The van der Waals surface area contributed by atoms with Gasteiger partial charge in [0.15, 0.2) is 0 Å². The molecular formula is C14H18N2O2S. The van der Waals surface area contributed by atoms with Crippen molar-refractivity contribution in [2.24, 2.45) is 5.92 Å². The van der Waals surface area contributed by atoms with Crippen molar-refractivity contribution in [3.8, 4) is 0 Å². The number of rotatable bonds is 4. The zero-order chi connectivity index (χ0) is 13.8. The molecule has 0 radical (unpaired) electrons. The van der Waals surface area contributed by atoms with Gasteiger partial charge in [-0.05, 0) is 17.9 Å². The SMILES string of the molecule is CSCc1ccccc1NC(=O)[C@@H]1CC(=O)N(C)C1. The highest BCUT2D eigenvalue weighted by atomic mass is 32.2. The van der Waals surface area contributed by atoms with Crippen LogP contribution in [0.4, 0.5) is 5.69 Å². The number of hydrogen-bond acceptors (Lipinski definition) is 3. The van der Waals surface area contributed by atoms with Gasteiger partial charge in [-0.2, -0.15) is 11.8 Å². The maximum atomic E-state index is 12.2. The molecule has 1 fully saturated rings. The molecule has 1 N–H and O–H groups in total. The summed E-state index contributed by atoms with van der Waals surface area (Å²) >= 11 is 1.72. The summed E-state index contributed by atoms with van der Waals surface area (Å²) in [6, 6.07) is 7.79. The summed E-state index contributed by atoms with van der Waals surface area (Å²) in [4.78, 5) is 25.2. The van der Waals surface area contributed by atoms with E-state index in [1.807, 2.05) is 30.5 Å². The summed E-state index contributed by atoms with van der Waals surface area (Å²) < 4.78 is 0. The van der Waals surface area contributed by atoms with E-state index in [2.05, 4.69) is 5.32 Å². The first-order valence-electron chi connectivity index (χ1n) is 6.23. The lowest BCUT2D eigenvalue weighted by atomic mass is 10.1. The van der Waals surface area contributed by atoms with Gasteiger partial charge < -0.3 is 10.2 Å². The fourth-order valence-corrected chi connectivity index (χ4v) is 2.76. The van der Waals surface area contributed by atoms with Crippen LogP contribution in [0.25, 0.3) is 0 Å². The maximum absolute atomic E-state index is 12.2. The van der Waals surface area contributed by atoms with E-state index in [0.717, 1.165) is 17.0 Å². The lowest BCUT2D eigenvalue weighted by Crippen LogP contribution is -2.26. The number of carbonyl (C=O) groups is 2. The van der Waals surface area contributed by atoms with Crippen molar-refractivity contribution in [2.45, 2.75) is 12.2 Å². The minimum absolute atomic E-state index is 0.0394. The van der Waals surface area contributed by atoms with Gasteiger partial charge >= 0.3 is 0 Å². The van der Waals surface area contributed by atoms with E-state index in [4.69, 9.17) is 0 Å². The second kappa shape index (κ2) is 6.10. The highest BCUT2D eigenvalue weighted by Gasteiger charge is 2.32. The Balaban J connectivity index is 2.05. The Kier molecular flexibility index (Phi) is 4.47. The minimum atomic E-state index is -0.236. The van der Waals surface area contributed by atoms with Crippen LogP contribution in [-0.2, 0) is 15.3 Å². The molecule has 1 heterocycles. The molecule has 0 spiro atoms. The number of carbonyl (C=O) groups excluding carboxylic acids is 2. The number of anilines is 1. The smallest absolute Gasteiger partial charge is 0.229 e. The number of thioether (sulfide) groups is 1. The third-order valence-electron chi connectivity index (χ3n) is 3.29. The molecule has 1 aliphatic rings. The van der Waals surface area contributed by atoms with Crippen LogP contribution >= 0.6 is 11.8 Å². The van der Waals surface area contributed by atoms with Crippen LogP contribution in [0.2, 0.25) is 0 Å². The van der Waals surface area contributed by atoms with Crippen molar-refractivity contribution >= 4 is 29.3 Å².